The molecule has 0 saturated carbocycles. The second-order valence-electron chi connectivity index (χ2n) is 3.84. The van der Waals surface area contributed by atoms with E-state index in [9.17, 15) is 14.7 Å². The van der Waals surface area contributed by atoms with Crippen LogP contribution in [0.1, 0.15) is 17.3 Å². The number of nitrogens with one attached hydrogen (secondary N) is 1. The Hall–Kier alpha value is -1.30. The molecule has 0 aliphatic rings. The second kappa shape index (κ2) is 6.75. The topological polar surface area (TPSA) is 75.6 Å². The zero-order chi connectivity index (χ0) is 14.6. The standard InChI is InChI=1S/C12H13Cl2NO4/c1-6(16)10(12(18)19-2)15-11(17)8-4-3-7(13)5-9(8)14/h3-6,10,16H,1-2H3,(H,15,17)/t6-,10-/m1/s1. The number of hydrogen-bond acceptors (Lipinski definition) is 4. The molecule has 1 amide bonds. The summed E-state index contributed by atoms with van der Waals surface area (Å²) in [5.41, 5.74) is 0.153. The van der Waals surface area contributed by atoms with Crippen LogP contribution in [0, 0.1) is 0 Å². The minimum atomic E-state index is -1.16. The van der Waals surface area contributed by atoms with Gasteiger partial charge in [0.05, 0.1) is 23.8 Å². The SMILES string of the molecule is COC(=O)[C@H](NC(=O)c1ccc(Cl)cc1Cl)[C@@H](C)O. The number of esters is 1. The zero-order valence-corrected chi connectivity index (χ0v) is 11.8. The maximum Gasteiger partial charge on any atom is 0.331 e. The van der Waals surface area contributed by atoms with Gasteiger partial charge in [-0.1, -0.05) is 23.2 Å². The van der Waals surface area contributed by atoms with E-state index in [2.05, 4.69) is 10.1 Å². The first-order chi connectivity index (χ1) is 8.86. The first-order valence-corrected chi connectivity index (χ1v) is 6.14. The fourth-order valence-electron chi connectivity index (χ4n) is 1.40. The van der Waals surface area contributed by atoms with Crippen LogP contribution >= 0.6 is 23.2 Å². The molecule has 0 fully saturated rings. The van der Waals surface area contributed by atoms with Gasteiger partial charge in [-0.3, -0.25) is 4.79 Å². The third-order valence-corrected chi connectivity index (χ3v) is 2.95. The molecule has 0 aliphatic heterocycles. The molecule has 2 N–H and O–H groups in total. The van der Waals surface area contributed by atoms with Gasteiger partial charge in [0.2, 0.25) is 0 Å². The van der Waals surface area contributed by atoms with E-state index in [1.807, 2.05) is 0 Å². The van der Waals surface area contributed by atoms with Crippen molar-refractivity contribution < 1.29 is 19.4 Å². The van der Waals surface area contributed by atoms with Crippen LogP contribution in [0.25, 0.3) is 0 Å². The fraction of sp³-hybridized carbons (Fsp3) is 0.333. The second-order valence-corrected chi connectivity index (χ2v) is 4.68. The molecule has 7 heteroatoms. The van der Waals surface area contributed by atoms with Gasteiger partial charge in [-0.15, -0.1) is 0 Å². The van der Waals surface area contributed by atoms with Crippen molar-refractivity contribution in [1.29, 1.82) is 0 Å². The Bertz CT molecular complexity index is 491. The summed E-state index contributed by atoms with van der Waals surface area (Å²) >= 11 is 11.6. The van der Waals surface area contributed by atoms with Gasteiger partial charge in [0, 0.05) is 5.02 Å². The van der Waals surface area contributed by atoms with Crippen LogP contribution in [-0.4, -0.2) is 36.2 Å². The molecule has 0 saturated heterocycles. The molecule has 1 aromatic rings. The molecule has 104 valence electrons. The predicted octanol–water partition coefficient (Wildman–Crippen LogP) is 1.65. The molecule has 0 heterocycles. The summed E-state index contributed by atoms with van der Waals surface area (Å²) < 4.78 is 4.49. The first-order valence-electron chi connectivity index (χ1n) is 5.38. The van der Waals surface area contributed by atoms with Gasteiger partial charge >= 0.3 is 5.97 Å². The lowest BCUT2D eigenvalue weighted by Crippen LogP contribution is -2.48. The Balaban J connectivity index is 2.91. The molecular weight excluding hydrogens is 293 g/mol. The Kier molecular flexibility index (Phi) is 5.60. The van der Waals surface area contributed by atoms with Gasteiger partial charge in [-0.05, 0) is 25.1 Å². The van der Waals surface area contributed by atoms with Gasteiger partial charge in [0.1, 0.15) is 0 Å². The highest BCUT2D eigenvalue weighted by Gasteiger charge is 2.27. The minimum Gasteiger partial charge on any atom is -0.467 e. The highest BCUT2D eigenvalue weighted by molar-refractivity contribution is 6.36. The highest BCUT2D eigenvalue weighted by Crippen LogP contribution is 2.21. The zero-order valence-electron chi connectivity index (χ0n) is 10.3. The van der Waals surface area contributed by atoms with Crippen molar-refractivity contribution in [2.24, 2.45) is 0 Å². The van der Waals surface area contributed by atoms with E-state index in [1.165, 1.54) is 32.2 Å². The number of amides is 1. The van der Waals surface area contributed by atoms with Gasteiger partial charge in [-0.25, -0.2) is 4.79 Å². The number of aliphatic hydroxyl groups is 1. The lowest BCUT2D eigenvalue weighted by atomic mass is 10.1. The van der Waals surface area contributed by atoms with Crippen molar-refractivity contribution >= 4 is 35.1 Å². The van der Waals surface area contributed by atoms with Crippen LogP contribution < -0.4 is 5.32 Å². The Morgan fingerprint density at radius 3 is 2.47 bits per heavy atom. The van der Waals surface area contributed by atoms with E-state index in [1.54, 1.807) is 0 Å². The van der Waals surface area contributed by atoms with Gasteiger partial charge in [-0.2, -0.15) is 0 Å². The van der Waals surface area contributed by atoms with Crippen LogP contribution in [0.5, 0.6) is 0 Å². The lowest BCUT2D eigenvalue weighted by molar-refractivity contribution is -0.145. The molecule has 1 rings (SSSR count). The Morgan fingerprint density at radius 2 is 2.00 bits per heavy atom. The monoisotopic (exact) mass is 305 g/mol. The van der Waals surface area contributed by atoms with Gasteiger partial charge in [0.15, 0.2) is 6.04 Å². The van der Waals surface area contributed by atoms with Crippen LogP contribution in [0.3, 0.4) is 0 Å². The summed E-state index contributed by atoms with van der Waals surface area (Å²) in [6, 6.07) is 3.17. The smallest absolute Gasteiger partial charge is 0.331 e. The average molecular weight is 306 g/mol. The maximum atomic E-state index is 12.0. The summed E-state index contributed by atoms with van der Waals surface area (Å²) in [5.74, 6) is -1.34. The van der Waals surface area contributed by atoms with Crippen molar-refractivity contribution in [3.63, 3.8) is 0 Å². The van der Waals surface area contributed by atoms with E-state index >= 15 is 0 Å². The summed E-state index contributed by atoms with van der Waals surface area (Å²) in [4.78, 5) is 23.4. The van der Waals surface area contributed by atoms with E-state index in [-0.39, 0.29) is 10.6 Å². The third-order valence-electron chi connectivity index (χ3n) is 2.40. The number of carbonyl (C=O) groups is 2. The molecule has 19 heavy (non-hydrogen) atoms. The first kappa shape index (κ1) is 15.8. The van der Waals surface area contributed by atoms with Gasteiger partial charge < -0.3 is 15.2 Å². The molecule has 1 aromatic carbocycles. The summed E-state index contributed by atoms with van der Waals surface area (Å²) in [6.45, 7) is 1.37. The quantitative estimate of drug-likeness (QED) is 0.829. The van der Waals surface area contributed by atoms with Crippen molar-refractivity contribution in [1.82, 2.24) is 5.32 Å². The number of benzene rings is 1. The minimum absolute atomic E-state index is 0.152. The average Bonchev–Trinajstić information content (AvgIpc) is 2.34. The normalized spacial score (nSPS) is 13.5. The molecule has 5 nitrogen and oxygen atoms in total. The van der Waals surface area contributed by atoms with Crippen molar-refractivity contribution in [2.45, 2.75) is 19.1 Å². The highest BCUT2D eigenvalue weighted by atomic mass is 35.5. The van der Waals surface area contributed by atoms with Crippen molar-refractivity contribution in [3.8, 4) is 0 Å². The van der Waals surface area contributed by atoms with E-state index in [0.717, 1.165) is 0 Å². The van der Waals surface area contributed by atoms with Gasteiger partial charge in [0.25, 0.3) is 5.91 Å². The fourth-order valence-corrected chi connectivity index (χ4v) is 1.89. The lowest BCUT2D eigenvalue weighted by Gasteiger charge is -2.19. The molecule has 0 radical (unpaired) electrons. The van der Waals surface area contributed by atoms with Crippen LogP contribution in [0.4, 0.5) is 0 Å². The van der Waals surface area contributed by atoms with Crippen LogP contribution in [0.2, 0.25) is 10.0 Å². The molecular formula is C12H13Cl2NO4. The maximum absolute atomic E-state index is 12.0. The molecule has 0 aromatic heterocycles. The molecule has 0 aliphatic carbocycles. The largest absolute Gasteiger partial charge is 0.467 e. The number of carbonyl (C=O) groups excluding carboxylic acids is 2. The van der Waals surface area contributed by atoms with Crippen molar-refractivity contribution in [3.05, 3.63) is 33.8 Å². The Morgan fingerprint density at radius 1 is 1.37 bits per heavy atom. The van der Waals surface area contributed by atoms with E-state index in [4.69, 9.17) is 23.2 Å². The summed E-state index contributed by atoms with van der Waals surface area (Å²) in [7, 11) is 1.17. The third kappa shape index (κ3) is 4.09. The molecule has 0 bridgehead atoms. The molecule has 0 unspecified atom stereocenters. The van der Waals surface area contributed by atoms with Crippen molar-refractivity contribution in [2.75, 3.05) is 7.11 Å². The number of rotatable bonds is 4. The van der Waals surface area contributed by atoms with Crippen LogP contribution in [-0.2, 0) is 9.53 Å². The van der Waals surface area contributed by atoms with E-state index in [0.29, 0.717) is 5.02 Å². The number of methoxy groups -OCH3 is 1. The summed E-state index contributed by atoms with van der Waals surface area (Å²) in [5, 5.41) is 12.3. The Labute approximate surface area is 120 Å². The predicted molar refractivity (Wildman–Crippen MR) is 71.4 cm³/mol. The number of halogens is 2. The summed E-state index contributed by atoms with van der Waals surface area (Å²) in [6.07, 6.45) is -1.09. The molecule has 0 spiro atoms. The van der Waals surface area contributed by atoms with E-state index < -0.39 is 24.0 Å². The molecule has 2 atom stereocenters. The van der Waals surface area contributed by atoms with Crippen LogP contribution in [0.15, 0.2) is 18.2 Å². The number of ether oxygens (including phenoxy) is 1. The number of aliphatic hydroxyl groups excluding tert-OH is 1. The number of hydrogen-bond donors (Lipinski definition) is 2.